The lowest BCUT2D eigenvalue weighted by Gasteiger charge is -2.06. The van der Waals surface area contributed by atoms with Gasteiger partial charge < -0.3 is 5.32 Å². The molecule has 0 saturated heterocycles. The first-order valence-electron chi connectivity index (χ1n) is 7.80. The molecule has 2 heterocycles. The maximum atomic E-state index is 13.1. The Morgan fingerprint density at radius 1 is 1.31 bits per heavy atom. The number of carbonyl (C=O) groups is 1. The molecule has 0 aliphatic heterocycles. The fraction of sp³-hybridized carbons (Fsp3) is 0.235. The summed E-state index contributed by atoms with van der Waals surface area (Å²) in [5.41, 5.74) is 2.45. The van der Waals surface area contributed by atoms with Crippen molar-refractivity contribution in [1.29, 1.82) is 0 Å². The second kappa shape index (κ2) is 7.59. The van der Waals surface area contributed by atoms with E-state index in [1.807, 2.05) is 13.8 Å². The van der Waals surface area contributed by atoms with E-state index in [4.69, 9.17) is 11.6 Å². The van der Waals surface area contributed by atoms with Crippen molar-refractivity contribution in [2.75, 3.05) is 5.32 Å². The summed E-state index contributed by atoms with van der Waals surface area (Å²) in [4.78, 5) is 12.2. The topological polar surface area (TPSA) is 64.7 Å². The largest absolute Gasteiger partial charge is 0.308 e. The lowest BCUT2D eigenvalue weighted by atomic mass is 10.2. The third kappa shape index (κ3) is 4.13. The molecule has 136 valence electrons. The molecule has 0 fully saturated rings. The van der Waals surface area contributed by atoms with Crippen LogP contribution in [0.15, 0.2) is 34.9 Å². The van der Waals surface area contributed by atoms with Gasteiger partial charge in [0.25, 0.3) is 0 Å². The zero-order valence-corrected chi connectivity index (χ0v) is 16.5. The number of hydrogen-bond acceptors (Lipinski definition) is 3. The summed E-state index contributed by atoms with van der Waals surface area (Å²) in [6, 6.07) is 5.90. The number of rotatable bonds is 5. The average Bonchev–Trinajstić information content (AvgIpc) is 3.10. The summed E-state index contributed by atoms with van der Waals surface area (Å²) < 4.78 is 17.2. The predicted molar refractivity (Wildman–Crippen MR) is 101 cm³/mol. The van der Waals surface area contributed by atoms with E-state index >= 15 is 0 Å². The second-order valence-electron chi connectivity index (χ2n) is 5.82. The number of nitrogens with zero attached hydrogens (tertiary/aromatic N) is 4. The molecule has 3 rings (SSSR count). The van der Waals surface area contributed by atoms with E-state index in [9.17, 15) is 9.18 Å². The van der Waals surface area contributed by atoms with Gasteiger partial charge >= 0.3 is 0 Å². The Balaban J connectivity index is 1.64. The number of halogens is 3. The van der Waals surface area contributed by atoms with E-state index in [1.54, 1.807) is 27.7 Å². The second-order valence-corrected chi connectivity index (χ2v) is 7.03. The van der Waals surface area contributed by atoms with Gasteiger partial charge in [-0.3, -0.25) is 14.2 Å². The molecule has 1 aromatic carbocycles. The van der Waals surface area contributed by atoms with Crippen LogP contribution < -0.4 is 5.32 Å². The molecule has 3 aromatic rings. The number of carbonyl (C=O) groups excluding carboxylic acids is 1. The number of aryl methyl sites for hydroxylation is 1. The lowest BCUT2D eigenvalue weighted by Crippen LogP contribution is -2.20. The van der Waals surface area contributed by atoms with Crippen LogP contribution in [-0.2, 0) is 17.9 Å². The number of aromatic nitrogens is 4. The van der Waals surface area contributed by atoms with Gasteiger partial charge in [0.1, 0.15) is 12.4 Å². The van der Waals surface area contributed by atoms with Crippen LogP contribution in [0.4, 0.5) is 10.2 Å². The first-order chi connectivity index (χ1) is 12.3. The number of amides is 1. The summed E-state index contributed by atoms with van der Waals surface area (Å²) in [6.07, 6.45) is 1.72. The predicted octanol–water partition coefficient (Wildman–Crippen LogP) is 3.94. The molecule has 1 N–H and O–H groups in total. The van der Waals surface area contributed by atoms with Crippen LogP contribution in [-0.4, -0.2) is 25.5 Å². The molecule has 0 radical (unpaired) electrons. The molecule has 6 nitrogen and oxygen atoms in total. The standard InChI is InChI=1S/C17H16BrClFN5O/c1-10-17(18)11(2)25(22-10)9-16(26)21-15-5-6-24(23-15)8-12-3-4-13(20)7-14(12)19/h3-7H,8-9H2,1-2H3,(H,21,23,26). The van der Waals surface area contributed by atoms with Crippen molar-refractivity contribution < 1.29 is 9.18 Å². The minimum atomic E-state index is -0.386. The van der Waals surface area contributed by atoms with Crippen molar-refractivity contribution in [2.24, 2.45) is 0 Å². The van der Waals surface area contributed by atoms with Crippen LogP contribution in [0.5, 0.6) is 0 Å². The first-order valence-corrected chi connectivity index (χ1v) is 8.97. The van der Waals surface area contributed by atoms with Gasteiger partial charge in [-0.1, -0.05) is 17.7 Å². The number of benzene rings is 1. The minimum absolute atomic E-state index is 0.0922. The Labute approximate surface area is 163 Å². The van der Waals surface area contributed by atoms with Crippen LogP contribution in [0.1, 0.15) is 17.0 Å². The highest BCUT2D eigenvalue weighted by atomic mass is 79.9. The Kier molecular flexibility index (Phi) is 5.43. The Hall–Kier alpha value is -2.19. The number of nitrogens with one attached hydrogen (secondary N) is 1. The van der Waals surface area contributed by atoms with Gasteiger partial charge in [-0.2, -0.15) is 10.2 Å². The SMILES string of the molecule is Cc1nn(CC(=O)Nc2ccn(Cc3ccc(F)cc3Cl)n2)c(C)c1Br. The summed E-state index contributed by atoms with van der Waals surface area (Å²) in [7, 11) is 0. The molecule has 1 amide bonds. The molecule has 0 bridgehead atoms. The summed E-state index contributed by atoms with van der Waals surface area (Å²) in [5, 5.41) is 11.7. The summed E-state index contributed by atoms with van der Waals surface area (Å²) >= 11 is 9.46. The van der Waals surface area contributed by atoms with Crippen molar-refractivity contribution in [3.05, 3.63) is 62.7 Å². The molecular weight excluding hydrogens is 425 g/mol. The third-order valence-corrected chi connectivity index (χ3v) is 5.34. The lowest BCUT2D eigenvalue weighted by molar-refractivity contribution is -0.117. The maximum absolute atomic E-state index is 13.1. The zero-order chi connectivity index (χ0) is 18.8. The highest BCUT2D eigenvalue weighted by molar-refractivity contribution is 9.10. The molecule has 0 unspecified atom stereocenters. The smallest absolute Gasteiger partial charge is 0.247 e. The van der Waals surface area contributed by atoms with E-state index in [0.29, 0.717) is 17.4 Å². The van der Waals surface area contributed by atoms with Gasteiger partial charge in [-0.05, 0) is 47.5 Å². The summed E-state index contributed by atoms with van der Waals surface area (Å²) in [6.45, 7) is 4.22. The number of anilines is 1. The van der Waals surface area contributed by atoms with Gasteiger partial charge in [0.05, 0.1) is 22.4 Å². The molecular formula is C17H16BrClFN5O. The van der Waals surface area contributed by atoms with E-state index < -0.39 is 0 Å². The highest BCUT2D eigenvalue weighted by Crippen LogP contribution is 2.20. The molecule has 26 heavy (non-hydrogen) atoms. The fourth-order valence-corrected chi connectivity index (χ4v) is 3.00. The van der Waals surface area contributed by atoms with Crippen molar-refractivity contribution in [3.63, 3.8) is 0 Å². The van der Waals surface area contributed by atoms with E-state index in [0.717, 1.165) is 21.4 Å². The van der Waals surface area contributed by atoms with Crippen LogP contribution in [0, 0.1) is 19.7 Å². The molecule has 9 heteroatoms. The maximum Gasteiger partial charge on any atom is 0.247 e. The van der Waals surface area contributed by atoms with Crippen molar-refractivity contribution in [2.45, 2.75) is 26.9 Å². The molecule has 0 saturated carbocycles. The van der Waals surface area contributed by atoms with Crippen LogP contribution >= 0.6 is 27.5 Å². The normalized spacial score (nSPS) is 11.0. The molecule has 0 aliphatic rings. The van der Waals surface area contributed by atoms with Crippen molar-refractivity contribution >= 4 is 39.3 Å². The van der Waals surface area contributed by atoms with E-state index in [2.05, 4.69) is 31.4 Å². The minimum Gasteiger partial charge on any atom is -0.308 e. The summed E-state index contributed by atoms with van der Waals surface area (Å²) in [5.74, 6) is -0.190. The Bertz CT molecular complexity index is 968. The monoisotopic (exact) mass is 439 g/mol. The van der Waals surface area contributed by atoms with Crippen LogP contribution in [0.3, 0.4) is 0 Å². The van der Waals surface area contributed by atoms with Gasteiger partial charge in [0.2, 0.25) is 5.91 Å². The van der Waals surface area contributed by atoms with E-state index in [-0.39, 0.29) is 18.3 Å². The molecule has 0 aliphatic carbocycles. The van der Waals surface area contributed by atoms with Crippen LogP contribution in [0.2, 0.25) is 5.02 Å². The number of hydrogen-bond donors (Lipinski definition) is 1. The van der Waals surface area contributed by atoms with Gasteiger partial charge in [-0.25, -0.2) is 4.39 Å². The van der Waals surface area contributed by atoms with Crippen molar-refractivity contribution in [3.8, 4) is 0 Å². The molecule has 0 spiro atoms. The Morgan fingerprint density at radius 3 is 2.73 bits per heavy atom. The van der Waals surface area contributed by atoms with Gasteiger partial charge in [0.15, 0.2) is 5.82 Å². The van der Waals surface area contributed by atoms with Gasteiger partial charge in [-0.15, -0.1) is 0 Å². The average molecular weight is 441 g/mol. The van der Waals surface area contributed by atoms with Gasteiger partial charge in [0, 0.05) is 17.3 Å². The van der Waals surface area contributed by atoms with E-state index in [1.165, 1.54) is 12.1 Å². The Morgan fingerprint density at radius 2 is 2.08 bits per heavy atom. The highest BCUT2D eigenvalue weighted by Gasteiger charge is 2.13. The fourth-order valence-electron chi connectivity index (χ4n) is 2.49. The van der Waals surface area contributed by atoms with Crippen molar-refractivity contribution in [1.82, 2.24) is 19.6 Å². The van der Waals surface area contributed by atoms with Crippen LogP contribution in [0.25, 0.3) is 0 Å². The first kappa shape index (κ1) is 18.6. The quantitative estimate of drug-likeness (QED) is 0.653. The molecule has 0 atom stereocenters. The zero-order valence-electron chi connectivity index (χ0n) is 14.1. The third-order valence-electron chi connectivity index (χ3n) is 3.84. The molecule has 2 aromatic heterocycles.